The first kappa shape index (κ1) is 15.6. The Morgan fingerprint density at radius 3 is 2.81 bits per heavy atom. The molecule has 1 aromatic carbocycles. The molecule has 0 radical (unpaired) electrons. The predicted molar refractivity (Wildman–Crippen MR) is 102 cm³/mol. The quantitative estimate of drug-likeness (QED) is 0.537. The van der Waals surface area contributed by atoms with E-state index in [0.29, 0.717) is 6.42 Å². The fraction of sp³-hybridized carbons (Fsp3) is 0.150. The maximum Gasteiger partial charge on any atom is 0.177 e. The van der Waals surface area contributed by atoms with E-state index in [4.69, 9.17) is 0 Å². The van der Waals surface area contributed by atoms with Crippen LogP contribution >= 0.6 is 0 Å². The van der Waals surface area contributed by atoms with Gasteiger partial charge in [-0.2, -0.15) is 14.7 Å². The monoisotopic (exact) mass is 355 g/mol. The van der Waals surface area contributed by atoms with Crippen LogP contribution in [0, 0.1) is 13.8 Å². The van der Waals surface area contributed by atoms with Gasteiger partial charge in [-0.25, -0.2) is 0 Å². The maximum atomic E-state index is 4.59. The van der Waals surface area contributed by atoms with Crippen molar-refractivity contribution in [2.75, 3.05) is 0 Å². The van der Waals surface area contributed by atoms with Crippen LogP contribution in [0.4, 0.5) is 0 Å². The van der Waals surface area contributed by atoms with E-state index in [2.05, 4.69) is 48.7 Å². The summed E-state index contributed by atoms with van der Waals surface area (Å²) in [4.78, 5) is 4.59. The van der Waals surface area contributed by atoms with Crippen molar-refractivity contribution in [2.45, 2.75) is 20.3 Å². The van der Waals surface area contributed by atoms with Gasteiger partial charge < -0.3 is 0 Å². The fourth-order valence-electron chi connectivity index (χ4n) is 3.31. The van der Waals surface area contributed by atoms with Crippen LogP contribution in [-0.4, -0.2) is 35.0 Å². The van der Waals surface area contributed by atoms with Gasteiger partial charge in [0, 0.05) is 35.3 Å². The van der Waals surface area contributed by atoms with Crippen molar-refractivity contribution >= 4 is 16.6 Å². The van der Waals surface area contributed by atoms with Gasteiger partial charge in [-0.3, -0.25) is 10.1 Å². The second-order valence-electron chi connectivity index (χ2n) is 6.67. The molecule has 0 aliphatic rings. The van der Waals surface area contributed by atoms with Gasteiger partial charge >= 0.3 is 0 Å². The zero-order valence-electron chi connectivity index (χ0n) is 15.0. The molecule has 0 bridgehead atoms. The third-order valence-corrected chi connectivity index (χ3v) is 4.71. The minimum Gasteiger partial charge on any atom is -0.285 e. The summed E-state index contributed by atoms with van der Waals surface area (Å²) in [6.07, 6.45) is 4.44. The highest BCUT2D eigenvalue weighted by Gasteiger charge is 2.10. The van der Waals surface area contributed by atoms with E-state index in [1.54, 1.807) is 0 Å². The highest BCUT2D eigenvalue weighted by Crippen LogP contribution is 2.25. The van der Waals surface area contributed by atoms with Crippen LogP contribution in [0.2, 0.25) is 0 Å². The number of rotatable bonds is 3. The zero-order valence-corrected chi connectivity index (χ0v) is 15.0. The second-order valence-corrected chi connectivity index (χ2v) is 6.67. The van der Waals surface area contributed by atoms with Crippen molar-refractivity contribution in [1.82, 2.24) is 35.0 Å². The number of fused-ring (bicyclic) bond motifs is 2. The summed E-state index contributed by atoms with van der Waals surface area (Å²) in [5.41, 5.74) is 6.88. The molecule has 0 saturated carbocycles. The topological polar surface area (TPSA) is 84.6 Å². The Kier molecular flexibility index (Phi) is 3.46. The lowest BCUT2D eigenvalue weighted by Crippen LogP contribution is -2.01. The highest BCUT2D eigenvalue weighted by molar-refractivity contribution is 5.84. The van der Waals surface area contributed by atoms with Crippen molar-refractivity contribution in [3.63, 3.8) is 0 Å². The molecule has 0 unspecified atom stereocenters. The number of benzene rings is 1. The SMILES string of the molecule is Cc1ccc2nnc(Cc3ccc4ncc(-c5c[nH]nc5C)cc4c3)n2n1. The average molecular weight is 355 g/mol. The van der Waals surface area contributed by atoms with Gasteiger partial charge in [0.1, 0.15) is 0 Å². The van der Waals surface area contributed by atoms with Crippen LogP contribution < -0.4 is 0 Å². The van der Waals surface area contributed by atoms with Gasteiger partial charge in [-0.05, 0) is 49.7 Å². The van der Waals surface area contributed by atoms with Crippen LogP contribution in [0.15, 0.2) is 48.8 Å². The van der Waals surface area contributed by atoms with Crippen LogP contribution in [0.1, 0.15) is 22.8 Å². The van der Waals surface area contributed by atoms with E-state index in [-0.39, 0.29) is 0 Å². The van der Waals surface area contributed by atoms with E-state index in [0.717, 1.165) is 50.5 Å². The molecular weight excluding hydrogens is 338 g/mol. The number of H-pyrrole nitrogens is 1. The van der Waals surface area contributed by atoms with E-state index in [1.807, 2.05) is 49.0 Å². The summed E-state index contributed by atoms with van der Waals surface area (Å²) in [5, 5.41) is 21.2. The third kappa shape index (κ3) is 2.73. The van der Waals surface area contributed by atoms with Crippen molar-refractivity contribution in [1.29, 1.82) is 0 Å². The largest absolute Gasteiger partial charge is 0.285 e. The van der Waals surface area contributed by atoms with Crippen LogP contribution in [0.25, 0.3) is 27.7 Å². The average Bonchev–Trinajstić information content (AvgIpc) is 3.27. The number of aryl methyl sites for hydroxylation is 2. The van der Waals surface area contributed by atoms with E-state index in [1.165, 1.54) is 0 Å². The molecule has 7 nitrogen and oxygen atoms in total. The minimum absolute atomic E-state index is 0.655. The molecule has 0 fully saturated rings. The summed E-state index contributed by atoms with van der Waals surface area (Å²) in [6.45, 7) is 3.95. The fourth-order valence-corrected chi connectivity index (χ4v) is 3.31. The van der Waals surface area contributed by atoms with Gasteiger partial charge in [0.2, 0.25) is 0 Å². The molecular formula is C20H17N7. The van der Waals surface area contributed by atoms with Crippen molar-refractivity contribution < 1.29 is 0 Å². The Hall–Kier alpha value is -3.61. The number of hydrogen-bond donors (Lipinski definition) is 1. The first-order valence-corrected chi connectivity index (χ1v) is 8.75. The van der Waals surface area contributed by atoms with Crippen LogP contribution in [0.5, 0.6) is 0 Å². The number of aromatic nitrogens is 7. The lowest BCUT2D eigenvalue weighted by molar-refractivity contribution is 0.821. The van der Waals surface area contributed by atoms with Crippen LogP contribution in [-0.2, 0) is 6.42 Å². The molecule has 5 aromatic rings. The number of nitrogens with one attached hydrogen (secondary N) is 1. The number of aromatic amines is 1. The Bertz CT molecular complexity index is 1280. The van der Waals surface area contributed by atoms with E-state index >= 15 is 0 Å². The molecule has 1 N–H and O–H groups in total. The molecule has 0 aliphatic heterocycles. The third-order valence-electron chi connectivity index (χ3n) is 4.71. The molecule has 0 amide bonds. The smallest absolute Gasteiger partial charge is 0.177 e. The maximum absolute atomic E-state index is 4.59. The van der Waals surface area contributed by atoms with Gasteiger partial charge in [0.25, 0.3) is 0 Å². The zero-order chi connectivity index (χ0) is 18.4. The Labute approximate surface area is 155 Å². The predicted octanol–water partition coefficient (Wildman–Crippen LogP) is 3.27. The lowest BCUT2D eigenvalue weighted by atomic mass is 10.0. The summed E-state index contributed by atoms with van der Waals surface area (Å²) < 4.78 is 1.81. The Morgan fingerprint density at radius 2 is 1.96 bits per heavy atom. The second kappa shape index (κ2) is 5.98. The standard InChI is InChI=1S/C20H17N7/c1-12-3-6-19-24-25-20(27(19)26-12)8-14-4-5-18-15(7-14)9-16(10-21-18)17-11-22-23-13(17)2/h3-7,9-11H,8H2,1-2H3,(H,22,23). The highest BCUT2D eigenvalue weighted by atomic mass is 15.4. The summed E-state index contributed by atoms with van der Waals surface area (Å²) in [6, 6.07) is 12.3. The molecule has 0 saturated heterocycles. The number of nitrogens with zero attached hydrogens (tertiary/aromatic N) is 6. The molecule has 0 spiro atoms. The molecule has 0 atom stereocenters. The van der Waals surface area contributed by atoms with Gasteiger partial charge in [-0.15, -0.1) is 10.2 Å². The van der Waals surface area contributed by atoms with Crippen molar-refractivity contribution in [3.8, 4) is 11.1 Å². The van der Waals surface area contributed by atoms with E-state index in [9.17, 15) is 0 Å². The molecule has 5 rings (SSSR count). The number of hydrogen-bond acceptors (Lipinski definition) is 5. The van der Waals surface area contributed by atoms with Crippen molar-refractivity contribution in [3.05, 3.63) is 71.6 Å². The summed E-state index contributed by atoms with van der Waals surface area (Å²) >= 11 is 0. The molecule has 132 valence electrons. The van der Waals surface area contributed by atoms with Crippen LogP contribution in [0.3, 0.4) is 0 Å². The first-order valence-electron chi connectivity index (χ1n) is 8.75. The minimum atomic E-state index is 0.655. The molecule has 0 aliphatic carbocycles. The van der Waals surface area contributed by atoms with E-state index < -0.39 is 0 Å². The number of pyridine rings is 1. The molecule has 4 aromatic heterocycles. The molecule has 4 heterocycles. The Balaban J connectivity index is 1.55. The molecule has 7 heteroatoms. The van der Waals surface area contributed by atoms with Crippen molar-refractivity contribution in [2.24, 2.45) is 0 Å². The summed E-state index contributed by atoms with van der Waals surface area (Å²) in [7, 11) is 0. The van der Waals surface area contributed by atoms with Gasteiger partial charge in [0.15, 0.2) is 11.5 Å². The van der Waals surface area contributed by atoms with Gasteiger partial charge in [-0.1, -0.05) is 6.07 Å². The van der Waals surface area contributed by atoms with Gasteiger partial charge in [0.05, 0.1) is 16.9 Å². The molecule has 27 heavy (non-hydrogen) atoms. The summed E-state index contributed by atoms with van der Waals surface area (Å²) in [5.74, 6) is 0.822. The Morgan fingerprint density at radius 1 is 1.04 bits per heavy atom. The lowest BCUT2D eigenvalue weighted by Gasteiger charge is -2.05. The first-order chi connectivity index (χ1) is 13.2. The normalized spacial score (nSPS) is 11.5.